The lowest BCUT2D eigenvalue weighted by Crippen LogP contribution is -2.49. The molecule has 2 aliphatic rings. The molecule has 2 saturated heterocycles. The molecule has 0 aliphatic carbocycles. The van der Waals surface area contributed by atoms with E-state index in [4.69, 9.17) is 16.3 Å². The summed E-state index contributed by atoms with van der Waals surface area (Å²) in [5.41, 5.74) is -1.02. The molecule has 2 aliphatic heterocycles. The van der Waals surface area contributed by atoms with Crippen LogP contribution in [0.1, 0.15) is 44.6 Å². The molecule has 2 aromatic carbocycles. The number of halogens is 3. The average Bonchev–Trinajstić information content (AvgIpc) is 3.15. The van der Waals surface area contributed by atoms with E-state index in [1.54, 1.807) is 19.1 Å². The van der Waals surface area contributed by atoms with E-state index in [-0.39, 0.29) is 33.0 Å². The van der Waals surface area contributed by atoms with Crippen LogP contribution in [0.15, 0.2) is 46.2 Å². The molecule has 2 fully saturated rings. The third-order valence-electron chi connectivity index (χ3n) is 7.24. The topological polar surface area (TPSA) is 112 Å². The lowest BCUT2D eigenvalue weighted by Gasteiger charge is -2.35. The predicted octanol–water partition coefficient (Wildman–Crippen LogP) is 5.12. The van der Waals surface area contributed by atoms with E-state index in [0.717, 1.165) is 24.2 Å². The Morgan fingerprint density at radius 1 is 1.27 bits per heavy atom. The van der Waals surface area contributed by atoms with E-state index in [9.17, 15) is 27.3 Å². The van der Waals surface area contributed by atoms with Crippen molar-refractivity contribution in [3.8, 4) is 6.07 Å². The SMILES string of the molecule is C[C@@]1(C(=O)NS(=O)(=O)c2cc(Cl)c(N[C@H](CCN3CC(F)C3)CSc3ccc(F)cc3)c(C#N)c2)CCCCCO1. The third kappa shape index (κ3) is 8.32. The first-order valence-electron chi connectivity index (χ1n) is 13.5. The lowest BCUT2D eigenvalue weighted by atomic mass is 9.99. The summed E-state index contributed by atoms with van der Waals surface area (Å²) in [5.74, 6) is -0.584. The number of likely N-dealkylation sites (tertiary alicyclic amines) is 1. The Hall–Kier alpha value is -2.43. The van der Waals surface area contributed by atoms with Crippen LogP contribution in [0.25, 0.3) is 0 Å². The second kappa shape index (κ2) is 13.7. The zero-order chi connectivity index (χ0) is 29.6. The van der Waals surface area contributed by atoms with Crippen LogP contribution in [-0.4, -0.2) is 69.0 Å². The highest BCUT2D eigenvalue weighted by Crippen LogP contribution is 2.32. The average molecular weight is 627 g/mol. The molecule has 1 amide bonds. The number of anilines is 1. The van der Waals surface area contributed by atoms with Crippen LogP contribution in [0, 0.1) is 17.1 Å². The minimum atomic E-state index is -4.35. The van der Waals surface area contributed by atoms with Gasteiger partial charge in [0.2, 0.25) is 0 Å². The summed E-state index contributed by atoms with van der Waals surface area (Å²) in [6.07, 6.45) is 2.58. The number of carbonyl (C=O) groups is 1. The van der Waals surface area contributed by atoms with Gasteiger partial charge in [0, 0.05) is 42.9 Å². The number of carbonyl (C=O) groups excluding carboxylic acids is 1. The molecule has 4 rings (SSSR count). The summed E-state index contributed by atoms with van der Waals surface area (Å²) in [5, 5.41) is 13.2. The molecule has 0 spiro atoms. The highest BCUT2D eigenvalue weighted by atomic mass is 35.5. The Morgan fingerprint density at radius 3 is 2.68 bits per heavy atom. The molecular weight excluding hydrogens is 594 g/mol. The molecule has 0 radical (unpaired) electrons. The molecule has 0 aromatic heterocycles. The fourth-order valence-corrected chi connectivity index (χ4v) is 7.14. The van der Waals surface area contributed by atoms with Gasteiger partial charge in [-0.25, -0.2) is 21.9 Å². The molecule has 2 N–H and O–H groups in total. The molecule has 2 aromatic rings. The number of benzene rings is 2. The first-order chi connectivity index (χ1) is 19.5. The molecule has 0 unspecified atom stereocenters. The summed E-state index contributed by atoms with van der Waals surface area (Å²) in [4.78, 5) is 15.4. The van der Waals surface area contributed by atoms with Crippen LogP contribution < -0.4 is 10.0 Å². The zero-order valence-corrected chi connectivity index (χ0v) is 25.1. The predicted molar refractivity (Wildman–Crippen MR) is 155 cm³/mol. The number of amides is 1. The number of nitrogens with zero attached hydrogens (tertiary/aromatic N) is 2. The Balaban J connectivity index is 1.51. The minimum absolute atomic E-state index is 0.00152. The number of hydrogen-bond acceptors (Lipinski definition) is 8. The van der Waals surface area contributed by atoms with E-state index in [1.807, 2.05) is 11.0 Å². The molecule has 0 saturated carbocycles. The van der Waals surface area contributed by atoms with Gasteiger partial charge < -0.3 is 10.1 Å². The van der Waals surface area contributed by atoms with E-state index in [1.165, 1.54) is 36.0 Å². The molecule has 2 atom stereocenters. The summed E-state index contributed by atoms with van der Waals surface area (Å²) < 4.78 is 60.7. The summed E-state index contributed by atoms with van der Waals surface area (Å²) in [6, 6.07) is 10.2. The van der Waals surface area contributed by atoms with Crippen molar-refractivity contribution < 1.29 is 26.7 Å². The number of sulfonamides is 1. The van der Waals surface area contributed by atoms with Crippen molar-refractivity contribution >= 4 is 45.0 Å². The lowest BCUT2D eigenvalue weighted by molar-refractivity contribution is -0.142. The van der Waals surface area contributed by atoms with Gasteiger partial charge in [-0.3, -0.25) is 9.69 Å². The van der Waals surface area contributed by atoms with Gasteiger partial charge in [0.25, 0.3) is 15.9 Å². The third-order valence-corrected chi connectivity index (χ3v) is 10.0. The first-order valence-corrected chi connectivity index (χ1v) is 16.3. The standard InChI is InChI=1S/C28H33ClF2N4O4S2/c1-28(10-3-2-4-12-39-28)27(36)34-41(37,38)24-13-19(15-32)26(25(29)14-24)33-22(9-11-35-16-21(31)17-35)18-40-23-7-5-20(30)6-8-23/h5-8,13-14,21-22,33H,2-4,9-12,16-18H2,1H3,(H,34,36)/t22-,28+/m1/s1. The van der Waals surface area contributed by atoms with Crippen molar-refractivity contribution in [1.82, 2.24) is 9.62 Å². The molecule has 222 valence electrons. The number of nitriles is 1. The Bertz CT molecular complexity index is 1370. The number of hydrogen-bond donors (Lipinski definition) is 2. The van der Waals surface area contributed by atoms with Crippen LogP contribution in [-0.2, 0) is 19.6 Å². The maximum absolute atomic E-state index is 13.3. The zero-order valence-electron chi connectivity index (χ0n) is 22.7. The van der Waals surface area contributed by atoms with E-state index in [2.05, 4.69) is 10.0 Å². The van der Waals surface area contributed by atoms with Gasteiger partial charge in [0.05, 0.1) is 21.2 Å². The number of rotatable bonds is 11. The summed E-state index contributed by atoms with van der Waals surface area (Å²) in [6.45, 7) is 3.28. The summed E-state index contributed by atoms with van der Waals surface area (Å²) >= 11 is 8.01. The largest absolute Gasteiger partial charge is 0.379 e. The van der Waals surface area contributed by atoms with Crippen molar-refractivity contribution in [2.75, 3.05) is 37.3 Å². The second-order valence-electron chi connectivity index (χ2n) is 10.5. The van der Waals surface area contributed by atoms with Gasteiger partial charge in [-0.15, -0.1) is 11.8 Å². The number of nitrogens with one attached hydrogen (secondary N) is 2. The van der Waals surface area contributed by atoms with Crippen molar-refractivity contribution in [2.24, 2.45) is 0 Å². The molecule has 41 heavy (non-hydrogen) atoms. The Kier molecular flexibility index (Phi) is 10.5. The monoisotopic (exact) mass is 626 g/mol. The summed E-state index contributed by atoms with van der Waals surface area (Å²) in [7, 11) is -4.35. The van der Waals surface area contributed by atoms with Gasteiger partial charge in [0.15, 0.2) is 0 Å². The number of ether oxygens (including phenoxy) is 1. The van der Waals surface area contributed by atoms with E-state index < -0.39 is 27.7 Å². The number of alkyl halides is 1. The van der Waals surface area contributed by atoms with Crippen molar-refractivity contribution in [3.05, 3.63) is 52.8 Å². The van der Waals surface area contributed by atoms with Gasteiger partial charge in [-0.05, 0) is 69.0 Å². The fraction of sp³-hybridized carbons (Fsp3) is 0.500. The molecular formula is C28H33ClF2N4O4S2. The van der Waals surface area contributed by atoms with Crippen molar-refractivity contribution in [2.45, 2.75) is 66.6 Å². The minimum Gasteiger partial charge on any atom is -0.379 e. The van der Waals surface area contributed by atoms with Gasteiger partial charge in [-0.2, -0.15) is 5.26 Å². The van der Waals surface area contributed by atoms with Crippen LogP contribution >= 0.6 is 23.4 Å². The first kappa shape index (κ1) is 31.5. The number of thioether (sulfide) groups is 1. The van der Waals surface area contributed by atoms with Crippen LogP contribution in [0.3, 0.4) is 0 Å². The van der Waals surface area contributed by atoms with Gasteiger partial charge >= 0.3 is 0 Å². The maximum Gasteiger partial charge on any atom is 0.265 e. The van der Waals surface area contributed by atoms with Gasteiger partial charge in [0.1, 0.15) is 23.7 Å². The highest BCUT2D eigenvalue weighted by Gasteiger charge is 2.38. The fourth-order valence-electron chi connectivity index (χ4n) is 4.71. The second-order valence-corrected chi connectivity index (χ2v) is 13.7. The van der Waals surface area contributed by atoms with E-state index >= 15 is 0 Å². The molecule has 2 heterocycles. The van der Waals surface area contributed by atoms with Crippen LogP contribution in [0.2, 0.25) is 5.02 Å². The normalized spacial score (nSPS) is 20.9. The van der Waals surface area contributed by atoms with E-state index in [0.29, 0.717) is 44.8 Å². The molecule has 13 heteroatoms. The smallest absolute Gasteiger partial charge is 0.265 e. The quantitative estimate of drug-likeness (QED) is 0.331. The van der Waals surface area contributed by atoms with Crippen molar-refractivity contribution in [1.29, 1.82) is 5.26 Å². The Labute approximate surface area is 248 Å². The molecule has 8 nitrogen and oxygen atoms in total. The molecule has 0 bridgehead atoms. The van der Waals surface area contributed by atoms with Crippen molar-refractivity contribution in [3.63, 3.8) is 0 Å². The van der Waals surface area contributed by atoms with Gasteiger partial charge in [-0.1, -0.05) is 18.0 Å². The Morgan fingerprint density at radius 2 is 2.00 bits per heavy atom. The maximum atomic E-state index is 13.3. The van der Waals surface area contributed by atoms with Crippen LogP contribution in [0.4, 0.5) is 14.5 Å². The van der Waals surface area contributed by atoms with Crippen LogP contribution in [0.5, 0.6) is 0 Å². The highest BCUT2D eigenvalue weighted by molar-refractivity contribution is 7.99.